The van der Waals surface area contributed by atoms with Crippen molar-refractivity contribution in [1.82, 2.24) is 0 Å². The third-order valence-corrected chi connectivity index (χ3v) is 10.7. The van der Waals surface area contributed by atoms with Crippen LogP contribution in [0.15, 0.2) is 164 Å². The van der Waals surface area contributed by atoms with Crippen LogP contribution in [0.2, 0.25) is 5.02 Å². The molecule has 7 rings (SSSR count). The lowest BCUT2D eigenvalue weighted by atomic mass is 9.78. The van der Waals surface area contributed by atoms with E-state index >= 15 is 0 Å². The summed E-state index contributed by atoms with van der Waals surface area (Å²) in [5.41, 5.74) is 8.03. The molecule has 0 aromatic heterocycles. The highest BCUT2D eigenvalue weighted by atomic mass is 35.5. The van der Waals surface area contributed by atoms with Gasteiger partial charge in [0.05, 0.1) is 32.0 Å². The maximum absolute atomic E-state index is 7.39. The van der Waals surface area contributed by atoms with Gasteiger partial charge in [-0.2, -0.15) is 0 Å². The fraction of sp³-hybridized carbons (Fsp3) is 0.265. The minimum absolute atomic E-state index is 0.0347. The molecule has 0 saturated carbocycles. The van der Waals surface area contributed by atoms with Crippen LogP contribution in [0, 0.1) is 5.92 Å². The predicted molar refractivity (Wildman–Crippen MR) is 218 cm³/mol. The van der Waals surface area contributed by atoms with Crippen molar-refractivity contribution in [2.45, 2.75) is 70.2 Å². The van der Waals surface area contributed by atoms with Crippen LogP contribution in [0.1, 0.15) is 58.4 Å². The molecule has 0 radical (unpaired) electrons. The lowest BCUT2D eigenvalue weighted by Crippen LogP contribution is -2.53. The van der Waals surface area contributed by atoms with Gasteiger partial charge in [0.2, 0.25) is 0 Å². The zero-order chi connectivity index (χ0) is 37.0. The molecular formula is C49H49ClO4. The fourth-order valence-electron chi connectivity index (χ4n) is 7.56. The van der Waals surface area contributed by atoms with Crippen LogP contribution in [-0.4, -0.2) is 24.9 Å². The average Bonchev–Trinajstić information content (AvgIpc) is 3.22. The smallest absolute Gasteiger partial charge is 0.119 e. The second-order valence-electron chi connectivity index (χ2n) is 14.1. The Balaban J connectivity index is 1.27. The van der Waals surface area contributed by atoms with Gasteiger partial charge in [0.25, 0.3) is 0 Å². The zero-order valence-corrected chi connectivity index (χ0v) is 31.7. The Labute approximate surface area is 325 Å². The van der Waals surface area contributed by atoms with Crippen molar-refractivity contribution >= 4 is 11.6 Å². The number of ether oxygens (including phenoxy) is 4. The van der Waals surface area contributed by atoms with Gasteiger partial charge >= 0.3 is 0 Å². The van der Waals surface area contributed by atoms with Crippen molar-refractivity contribution in [3.05, 3.63) is 208 Å². The van der Waals surface area contributed by atoms with Crippen molar-refractivity contribution in [2.24, 2.45) is 5.92 Å². The lowest BCUT2D eigenvalue weighted by molar-refractivity contribution is -0.238. The summed E-state index contributed by atoms with van der Waals surface area (Å²) < 4.78 is 27.2. The van der Waals surface area contributed by atoms with Gasteiger partial charge in [0.15, 0.2) is 0 Å². The molecule has 6 aromatic rings. The SMILES string of the molecule is CCOc1ccc(Cc2cc([C@@H]3O[C@H](CCc4ccccc4)[C@@H](Cc4ccccc4)[C@H](OCc4ccccc4)[C@H]3OCc3ccccc3)ccc2Cl)cc1. The molecule has 1 aliphatic heterocycles. The Hall–Kier alpha value is -4.71. The Morgan fingerprint density at radius 1 is 0.574 bits per heavy atom. The first kappa shape index (κ1) is 37.6. The molecule has 0 spiro atoms. The number of hydrogen-bond acceptors (Lipinski definition) is 4. The van der Waals surface area contributed by atoms with E-state index in [0.29, 0.717) is 26.2 Å². The summed E-state index contributed by atoms with van der Waals surface area (Å²) >= 11 is 6.93. The number of rotatable bonds is 16. The Kier molecular flexibility index (Phi) is 13.3. The van der Waals surface area contributed by atoms with Crippen LogP contribution < -0.4 is 4.74 Å². The molecule has 1 heterocycles. The summed E-state index contributed by atoms with van der Waals surface area (Å²) in [4.78, 5) is 0. The predicted octanol–water partition coefficient (Wildman–Crippen LogP) is 11.4. The number of halogens is 1. The molecule has 0 unspecified atom stereocenters. The fourth-order valence-corrected chi connectivity index (χ4v) is 7.75. The van der Waals surface area contributed by atoms with Gasteiger partial charge in [-0.1, -0.05) is 157 Å². The van der Waals surface area contributed by atoms with Gasteiger partial charge in [-0.3, -0.25) is 0 Å². The summed E-state index contributed by atoms with van der Waals surface area (Å²) in [5.74, 6) is 0.899. The van der Waals surface area contributed by atoms with Gasteiger partial charge in [-0.05, 0) is 89.8 Å². The highest BCUT2D eigenvalue weighted by Crippen LogP contribution is 2.43. The molecule has 5 atom stereocenters. The summed E-state index contributed by atoms with van der Waals surface area (Å²) in [5, 5.41) is 0.727. The molecule has 4 nitrogen and oxygen atoms in total. The van der Waals surface area contributed by atoms with E-state index < -0.39 is 12.2 Å². The molecule has 1 saturated heterocycles. The number of aryl methyl sites for hydroxylation is 1. The van der Waals surface area contributed by atoms with Crippen molar-refractivity contribution < 1.29 is 18.9 Å². The third kappa shape index (κ3) is 10.1. The van der Waals surface area contributed by atoms with Crippen LogP contribution >= 0.6 is 11.6 Å². The first-order valence-corrected chi connectivity index (χ1v) is 19.5. The molecule has 5 heteroatoms. The first-order valence-electron chi connectivity index (χ1n) is 19.2. The summed E-state index contributed by atoms with van der Waals surface area (Å²) in [7, 11) is 0. The summed E-state index contributed by atoms with van der Waals surface area (Å²) in [6.45, 7) is 3.55. The molecule has 54 heavy (non-hydrogen) atoms. The Morgan fingerprint density at radius 3 is 1.72 bits per heavy atom. The second kappa shape index (κ2) is 19.1. The molecule has 1 fully saturated rings. The highest BCUT2D eigenvalue weighted by Gasteiger charge is 2.47. The Bertz CT molecular complexity index is 1990. The number of benzene rings is 6. The maximum Gasteiger partial charge on any atom is 0.119 e. The average molecular weight is 737 g/mol. The van der Waals surface area contributed by atoms with E-state index in [4.69, 9.17) is 30.5 Å². The lowest BCUT2D eigenvalue weighted by Gasteiger charge is -2.47. The van der Waals surface area contributed by atoms with E-state index in [0.717, 1.165) is 57.9 Å². The Morgan fingerprint density at radius 2 is 1.13 bits per heavy atom. The molecule has 0 amide bonds. The van der Waals surface area contributed by atoms with Crippen LogP contribution in [0.3, 0.4) is 0 Å². The molecule has 0 aliphatic carbocycles. The van der Waals surface area contributed by atoms with Crippen LogP contribution in [0.5, 0.6) is 5.75 Å². The van der Waals surface area contributed by atoms with E-state index in [9.17, 15) is 0 Å². The quantitative estimate of drug-likeness (QED) is 0.0991. The third-order valence-electron chi connectivity index (χ3n) is 10.3. The molecule has 0 N–H and O–H groups in total. The molecule has 276 valence electrons. The topological polar surface area (TPSA) is 36.9 Å². The van der Waals surface area contributed by atoms with E-state index in [1.54, 1.807) is 0 Å². The largest absolute Gasteiger partial charge is 0.494 e. The van der Waals surface area contributed by atoms with E-state index in [-0.39, 0.29) is 18.1 Å². The van der Waals surface area contributed by atoms with Gasteiger partial charge in [0, 0.05) is 10.9 Å². The highest BCUT2D eigenvalue weighted by molar-refractivity contribution is 6.31. The summed E-state index contributed by atoms with van der Waals surface area (Å²) in [6, 6.07) is 56.8. The maximum atomic E-state index is 7.39. The zero-order valence-electron chi connectivity index (χ0n) is 30.9. The van der Waals surface area contributed by atoms with Crippen molar-refractivity contribution in [3.63, 3.8) is 0 Å². The second-order valence-corrected chi connectivity index (χ2v) is 14.5. The normalized spacial score (nSPS) is 19.7. The van der Waals surface area contributed by atoms with Gasteiger partial charge < -0.3 is 18.9 Å². The monoisotopic (exact) mass is 736 g/mol. The molecule has 0 bridgehead atoms. The van der Waals surface area contributed by atoms with Crippen molar-refractivity contribution in [1.29, 1.82) is 0 Å². The minimum atomic E-state index is -0.393. The minimum Gasteiger partial charge on any atom is -0.494 e. The van der Waals surface area contributed by atoms with Crippen LogP contribution in [-0.2, 0) is 46.7 Å². The van der Waals surface area contributed by atoms with E-state index in [1.165, 1.54) is 11.1 Å². The van der Waals surface area contributed by atoms with E-state index in [2.05, 4.69) is 133 Å². The van der Waals surface area contributed by atoms with Crippen LogP contribution in [0.4, 0.5) is 0 Å². The molecule has 6 aromatic carbocycles. The first-order chi connectivity index (χ1) is 26.6. The van der Waals surface area contributed by atoms with Crippen LogP contribution in [0.25, 0.3) is 0 Å². The van der Waals surface area contributed by atoms with E-state index in [1.807, 2.05) is 37.3 Å². The van der Waals surface area contributed by atoms with Crippen molar-refractivity contribution in [3.8, 4) is 5.75 Å². The summed E-state index contributed by atoms with van der Waals surface area (Å²) in [6.07, 6.45) is 2.09. The van der Waals surface area contributed by atoms with Crippen molar-refractivity contribution in [2.75, 3.05) is 6.61 Å². The number of hydrogen-bond donors (Lipinski definition) is 0. The van der Waals surface area contributed by atoms with Gasteiger partial charge in [-0.15, -0.1) is 0 Å². The molecular weight excluding hydrogens is 688 g/mol. The standard InChI is InChI=1S/C49H49ClO4/c1-2-51-43-27-23-38(24-28-43)31-42-33-41(26-29-45(42)50)47-49(53-35-40-21-13-6-14-22-40)48(52-34-39-19-11-5-12-20-39)44(32-37-17-9-4-10-18-37)46(54-47)30-25-36-15-7-3-8-16-36/h3-24,26-29,33,44,46-49H,2,25,30-32,34-35H2,1H3/t44-,46-,47+,48+,49+/m1/s1. The van der Waals surface area contributed by atoms with Gasteiger partial charge in [-0.25, -0.2) is 0 Å². The molecule has 1 aliphatic rings. The van der Waals surface area contributed by atoms with Gasteiger partial charge in [0.1, 0.15) is 18.0 Å².